The van der Waals surface area contributed by atoms with E-state index < -0.39 is 11.9 Å². The van der Waals surface area contributed by atoms with Crippen molar-refractivity contribution in [2.75, 3.05) is 32.6 Å². The number of hydrogen-bond acceptors (Lipinski definition) is 6. The molecule has 3 amide bonds. The number of nitrogens with zero attached hydrogens (tertiary/aromatic N) is 2. The van der Waals surface area contributed by atoms with E-state index in [0.29, 0.717) is 48.8 Å². The zero-order valence-electron chi connectivity index (χ0n) is 21.0. The molecule has 9 nitrogen and oxygen atoms in total. The topological polar surface area (TPSA) is 110 Å². The lowest BCUT2D eigenvalue weighted by Crippen LogP contribution is -2.54. The molecule has 1 aromatic heterocycles. The number of carbonyl (C=O) groups is 3. The number of aromatic nitrogens is 1. The van der Waals surface area contributed by atoms with Crippen LogP contribution in [0.4, 0.5) is 5.82 Å². The van der Waals surface area contributed by atoms with Crippen molar-refractivity contribution in [3.63, 3.8) is 0 Å². The summed E-state index contributed by atoms with van der Waals surface area (Å²) in [6, 6.07) is 7.83. The minimum atomic E-state index is -0.737. The Morgan fingerprint density at radius 2 is 1.80 bits per heavy atom. The highest BCUT2D eigenvalue weighted by Gasteiger charge is 2.34. The van der Waals surface area contributed by atoms with Crippen LogP contribution in [-0.2, 0) is 9.59 Å². The van der Waals surface area contributed by atoms with Gasteiger partial charge in [0.1, 0.15) is 23.4 Å². The van der Waals surface area contributed by atoms with Crippen molar-refractivity contribution in [3.05, 3.63) is 47.7 Å². The van der Waals surface area contributed by atoms with E-state index in [1.165, 1.54) is 14.2 Å². The van der Waals surface area contributed by atoms with Gasteiger partial charge >= 0.3 is 0 Å². The maximum Gasteiger partial charge on any atom is 0.252 e. The van der Waals surface area contributed by atoms with E-state index in [1.54, 1.807) is 29.3 Å². The maximum atomic E-state index is 13.5. The van der Waals surface area contributed by atoms with Crippen molar-refractivity contribution in [1.29, 1.82) is 0 Å². The summed E-state index contributed by atoms with van der Waals surface area (Å²) in [7, 11) is 3.02. The second-order valence-electron chi connectivity index (χ2n) is 9.08. The molecule has 2 atom stereocenters. The largest absolute Gasteiger partial charge is 0.497 e. The number of methoxy groups -OCH3 is 2. The second kappa shape index (κ2) is 11.7. The Balaban J connectivity index is 1.70. The van der Waals surface area contributed by atoms with E-state index in [2.05, 4.69) is 15.6 Å². The number of benzene rings is 1. The molecule has 3 rings (SSSR count). The summed E-state index contributed by atoms with van der Waals surface area (Å²) in [5.41, 5.74) is 1.21. The Labute approximate surface area is 206 Å². The third-order valence-electron chi connectivity index (χ3n) is 6.19. The molecular weight excluding hydrogens is 448 g/mol. The fourth-order valence-corrected chi connectivity index (χ4v) is 4.10. The lowest BCUT2D eigenvalue weighted by Gasteiger charge is -2.35. The molecule has 35 heavy (non-hydrogen) atoms. The fraction of sp³-hybridized carbons (Fsp3) is 0.462. The summed E-state index contributed by atoms with van der Waals surface area (Å²) >= 11 is 0. The molecule has 1 fully saturated rings. The molecule has 0 spiro atoms. The average molecular weight is 483 g/mol. The second-order valence-corrected chi connectivity index (χ2v) is 9.08. The number of ether oxygens (including phenoxy) is 2. The van der Waals surface area contributed by atoms with Crippen molar-refractivity contribution >= 4 is 23.5 Å². The summed E-state index contributed by atoms with van der Waals surface area (Å²) in [6.45, 7) is 6.48. The number of hydrogen-bond donors (Lipinski definition) is 2. The van der Waals surface area contributed by atoms with Gasteiger partial charge in [-0.05, 0) is 49.4 Å². The average Bonchev–Trinajstić information content (AvgIpc) is 2.87. The van der Waals surface area contributed by atoms with E-state index in [1.807, 2.05) is 32.9 Å². The van der Waals surface area contributed by atoms with Gasteiger partial charge in [-0.25, -0.2) is 4.98 Å². The van der Waals surface area contributed by atoms with Gasteiger partial charge in [0.25, 0.3) is 5.91 Å². The zero-order valence-corrected chi connectivity index (χ0v) is 21.0. The van der Waals surface area contributed by atoms with Gasteiger partial charge in [-0.2, -0.15) is 0 Å². The van der Waals surface area contributed by atoms with E-state index in [0.717, 1.165) is 5.56 Å². The SMILES string of the molecule is COc1cc(OC)cc(C(=O)NC(C(=O)N2CCCC(C(=O)Nc3ncccc3C)C2)C(C)C)c1. The van der Waals surface area contributed by atoms with Gasteiger partial charge in [-0.3, -0.25) is 14.4 Å². The summed E-state index contributed by atoms with van der Waals surface area (Å²) in [6.07, 6.45) is 3.02. The number of nitrogens with one attached hydrogen (secondary N) is 2. The predicted molar refractivity (Wildman–Crippen MR) is 133 cm³/mol. The van der Waals surface area contributed by atoms with Crippen LogP contribution in [-0.4, -0.2) is 61.0 Å². The van der Waals surface area contributed by atoms with Crippen molar-refractivity contribution in [2.45, 2.75) is 39.7 Å². The number of aryl methyl sites for hydroxylation is 1. The van der Waals surface area contributed by atoms with Crippen LogP contribution in [0.1, 0.15) is 42.6 Å². The fourth-order valence-electron chi connectivity index (χ4n) is 4.10. The molecule has 0 aliphatic carbocycles. The van der Waals surface area contributed by atoms with Crippen LogP contribution in [0.15, 0.2) is 36.5 Å². The first-order valence-electron chi connectivity index (χ1n) is 11.8. The number of amides is 3. The first-order valence-corrected chi connectivity index (χ1v) is 11.8. The molecule has 0 saturated carbocycles. The Hall–Kier alpha value is -3.62. The first-order chi connectivity index (χ1) is 16.7. The van der Waals surface area contributed by atoms with Crippen LogP contribution in [0.3, 0.4) is 0 Å². The summed E-state index contributed by atoms with van der Waals surface area (Å²) in [4.78, 5) is 45.3. The van der Waals surface area contributed by atoms with E-state index in [9.17, 15) is 14.4 Å². The summed E-state index contributed by atoms with van der Waals surface area (Å²) in [5, 5.41) is 5.76. The van der Waals surface area contributed by atoms with Gasteiger partial charge < -0.3 is 25.0 Å². The monoisotopic (exact) mass is 482 g/mol. The molecule has 9 heteroatoms. The normalized spacial score (nSPS) is 16.4. The number of likely N-dealkylation sites (tertiary alicyclic amines) is 1. The summed E-state index contributed by atoms with van der Waals surface area (Å²) < 4.78 is 10.5. The molecule has 2 aromatic rings. The third kappa shape index (κ3) is 6.49. The number of piperidine rings is 1. The smallest absolute Gasteiger partial charge is 0.252 e. The molecule has 1 saturated heterocycles. The minimum absolute atomic E-state index is 0.149. The molecule has 2 heterocycles. The minimum Gasteiger partial charge on any atom is -0.497 e. The molecule has 188 valence electrons. The van der Waals surface area contributed by atoms with Crippen LogP contribution in [0.25, 0.3) is 0 Å². The van der Waals surface area contributed by atoms with Crippen LogP contribution < -0.4 is 20.1 Å². The van der Waals surface area contributed by atoms with Gasteiger partial charge in [0.15, 0.2) is 0 Å². The maximum absolute atomic E-state index is 13.5. The van der Waals surface area contributed by atoms with Crippen molar-refractivity contribution in [2.24, 2.45) is 11.8 Å². The van der Waals surface area contributed by atoms with E-state index >= 15 is 0 Å². The third-order valence-corrected chi connectivity index (χ3v) is 6.19. The van der Waals surface area contributed by atoms with Crippen LogP contribution in [0.2, 0.25) is 0 Å². The molecule has 1 aromatic carbocycles. The van der Waals surface area contributed by atoms with Gasteiger partial charge in [-0.15, -0.1) is 0 Å². The van der Waals surface area contributed by atoms with Crippen LogP contribution in [0.5, 0.6) is 11.5 Å². The van der Waals surface area contributed by atoms with Crippen molar-refractivity contribution < 1.29 is 23.9 Å². The van der Waals surface area contributed by atoms with Crippen molar-refractivity contribution in [3.8, 4) is 11.5 Å². The molecular formula is C26H34N4O5. The van der Waals surface area contributed by atoms with Crippen LogP contribution >= 0.6 is 0 Å². The van der Waals surface area contributed by atoms with Gasteiger partial charge in [0.05, 0.1) is 20.1 Å². The number of carbonyl (C=O) groups excluding carboxylic acids is 3. The van der Waals surface area contributed by atoms with Gasteiger partial charge in [0.2, 0.25) is 11.8 Å². The highest BCUT2D eigenvalue weighted by Crippen LogP contribution is 2.24. The Bertz CT molecular complexity index is 1050. The molecule has 2 N–H and O–H groups in total. The molecule has 1 aliphatic heterocycles. The van der Waals surface area contributed by atoms with E-state index in [-0.39, 0.29) is 23.7 Å². The molecule has 2 unspecified atom stereocenters. The predicted octanol–water partition coefficient (Wildman–Crippen LogP) is 3.04. The quantitative estimate of drug-likeness (QED) is 0.599. The highest BCUT2D eigenvalue weighted by atomic mass is 16.5. The molecule has 1 aliphatic rings. The first kappa shape index (κ1) is 26.0. The molecule has 0 radical (unpaired) electrons. The molecule has 0 bridgehead atoms. The number of anilines is 1. The number of rotatable bonds is 8. The lowest BCUT2D eigenvalue weighted by molar-refractivity contribution is -0.137. The van der Waals surface area contributed by atoms with E-state index in [4.69, 9.17) is 9.47 Å². The van der Waals surface area contributed by atoms with Gasteiger partial charge in [0, 0.05) is 30.9 Å². The summed E-state index contributed by atoms with van der Waals surface area (Å²) in [5.74, 6) is 0.246. The Morgan fingerprint density at radius 1 is 1.11 bits per heavy atom. The Kier molecular flexibility index (Phi) is 8.68. The van der Waals surface area contributed by atoms with Crippen molar-refractivity contribution in [1.82, 2.24) is 15.2 Å². The highest BCUT2D eigenvalue weighted by molar-refractivity contribution is 5.98. The Morgan fingerprint density at radius 3 is 2.40 bits per heavy atom. The lowest BCUT2D eigenvalue weighted by atomic mass is 9.94. The zero-order chi connectivity index (χ0) is 25.5. The van der Waals surface area contributed by atoms with Crippen LogP contribution in [0, 0.1) is 18.8 Å². The van der Waals surface area contributed by atoms with Gasteiger partial charge in [-0.1, -0.05) is 19.9 Å². The standard InChI is InChI=1S/C26H34N4O5/c1-16(2)22(28-25(32)19-12-20(34-4)14-21(13-19)35-5)26(33)30-11-7-9-18(15-30)24(31)29-23-17(3)8-6-10-27-23/h6,8,10,12-14,16,18,22H,7,9,11,15H2,1-5H3,(H,28,32)(H,27,29,31). The number of pyridine rings is 1.